The molecular formula is C12H17FO. The maximum atomic E-state index is 13.3. The Balaban J connectivity index is 3.32. The number of aryl methyl sites for hydroxylation is 2. The standard InChI is InChI=1S/C12H17FO/c1-5-9-7-10(12(3,4)14)8(2)6-11(9)13/h6-7,14H,5H2,1-4H3. The van der Waals surface area contributed by atoms with Crippen molar-refractivity contribution in [3.63, 3.8) is 0 Å². The second kappa shape index (κ2) is 3.70. The molecule has 1 nitrogen and oxygen atoms in total. The second-order valence-corrected chi connectivity index (χ2v) is 4.17. The molecule has 0 atom stereocenters. The van der Waals surface area contributed by atoms with Crippen molar-refractivity contribution in [1.82, 2.24) is 0 Å². The molecule has 1 N–H and O–H groups in total. The van der Waals surface area contributed by atoms with Gasteiger partial charge in [0.1, 0.15) is 5.82 Å². The van der Waals surface area contributed by atoms with Gasteiger partial charge in [0, 0.05) is 0 Å². The molecule has 1 rings (SSSR count). The molecule has 0 heterocycles. The predicted octanol–water partition coefficient (Wildman–Crippen LogP) is 2.92. The summed E-state index contributed by atoms with van der Waals surface area (Å²) in [5.74, 6) is -0.182. The topological polar surface area (TPSA) is 20.2 Å². The van der Waals surface area contributed by atoms with Crippen LogP contribution < -0.4 is 0 Å². The van der Waals surface area contributed by atoms with Crippen LogP contribution in [0.2, 0.25) is 0 Å². The van der Waals surface area contributed by atoms with E-state index >= 15 is 0 Å². The van der Waals surface area contributed by atoms with E-state index in [9.17, 15) is 9.50 Å². The van der Waals surface area contributed by atoms with E-state index in [2.05, 4.69) is 0 Å². The van der Waals surface area contributed by atoms with Crippen LogP contribution in [0.25, 0.3) is 0 Å². The summed E-state index contributed by atoms with van der Waals surface area (Å²) in [6.45, 7) is 7.15. The first kappa shape index (κ1) is 11.2. The van der Waals surface area contributed by atoms with Gasteiger partial charge in [0.05, 0.1) is 5.60 Å². The van der Waals surface area contributed by atoms with E-state index in [1.54, 1.807) is 19.9 Å². The molecule has 78 valence electrons. The lowest BCUT2D eigenvalue weighted by molar-refractivity contribution is 0.0777. The zero-order valence-electron chi connectivity index (χ0n) is 9.19. The largest absolute Gasteiger partial charge is 0.386 e. The molecule has 1 aromatic rings. The fourth-order valence-corrected chi connectivity index (χ4v) is 1.65. The number of benzene rings is 1. The van der Waals surface area contributed by atoms with Crippen molar-refractivity contribution in [2.24, 2.45) is 0 Å². The molecule has 0 aliphatic rings. The summed E-state index contributed by atoms with van der Waals surface area (Å²) < 4.78 is 13.3. The third kappa shape index (κ3) is 2.13. The Bertz CT molecular complexity index is 337. The van der Waals surface area contributed by atoms with Crippen LogP contribution in [0.5, 0.6) is 0 Å². The van der Waals surface area contributed by atoms with Crippen LogP contribution in [-0.4, -0.2) is 5.11 Å². The molecule has 0 radical (unpaired) electrons. The van der Waals surface area contributed by atoms with Crippen LogP contribution in [0.4, 0.5) is 4.39 Å². The van der Waals surface area contributed by atoms with Gasteiger partial charge in [-0.1, -0.05) is 6.92 Å². The molecule has 14 heavy (non-hydrogen) atoms. The second-order valence-electron chi connectivity index (χ2n) is 4.17. The van der Waals surface area contributed by atoms with Crippen molar-refractivity contribution in [1.29, 1.82) is 0 Å². The SMILES string of the molecule is CCc1cc(C(C)(C)O)c(C)cc1F. The van der Waals surface area contributed by atoms with Gasteiger partial charge in [-0.05, 0) is 56.0 Å². The van der Waals surface area contributed by atoms with Gasteiger partial charge in [-0.15, -0.1) is 0 Å². The van der Waals surface area contributed by atoms with E-state index in [0.29, 0.717) is 12.0 Å². The van der Waals surface area contributed by atoms with Crippen LogP contribution in [0.15, 0.2) is 12.1 Å². The van der Waals surface area contributed by atoms with Crippen molar-refractivity contribution in [2.75, 3.05) is 0 Å². The van der Waals surface area contributed by atoms with Gasteiger partial charge in [0.15, 0.2) is 0 Å². The van der Waals surface area contributed by atoms with E-state index in [4.69, 9.17) is 0 Å². The minimum Gasteiger partial charge on any atom is -0.386 e. The van der Waals surface area contributed by atoms with E-state index in [1.807, 2.05) is 13.8 Å². The van der Waals surface area contributed by atoms with Gasteiger partial charge >= 0.3 is 0 Å². The van der Waals surface area contributed by atoms with Crippen molar-refractivity contribution < 1.29 is 9.50 Å². The average molecular weight is 196 g/mol. The highest BCUT2D eigenvalue weighted by Crippen LogP contribution is 2.26. The van der Waals surface area contributed by atoms with Crippen molar-refractivity contribution >= 4 is 0 Å². The molecule has 0 aliphatic carbocycles. The fraction of sp³-hybridized carbons (Fsp3) is 0.500. The van der Waals surface area contributed by atoms with Crippen LogP contribution in [-0.2, 0) is 12.0 Å². The third-order valence-electron chi connectivity index (χ3n) is 2.43. The Morgan fingerprint density at radius 3 is 2.36 bits per heavy atom. The maximum Gasteiger partial charge on any atom is 0.126 e. The van der Waals surface area contributed by atoms with E-state index < -0.39 is 5.60 Å². The highest BCUT2D eigenvalue weighted by molar-refractivity contribution is 5.35. The summed E-state index contributed by atoms with van der Waals surface area (Å²) >= 11 is 0. The molecule has 0 saturated heterocycles. The van der Waals surface area contributed by atoms with Gasteiger partial charge in [0.2, 0.25) is 0 Å². The highest BCUT2D eigenvalue weighted by Gasteiger charge is 2.19. The Labute approximate surface area is 84.6 Å². The molecule has 0 amide bonds. The highest BCUT2D eigenvalue weighted by atomic mass is 19.1. The van der Waals surface area contributed by atoms with Gasteiger partial charge in [0.25, 0.3) is 0 Å². The quantitative estimate of drug-likeness (QED) is 0.771. The molecule has 0 unspecified atom stereocenters. The van der Waals surface area contributed by atoms with Gasteiger partial charge in [-0.3, -0.25) is 0 Å². The first-order valence-electron chi connectivity index (χ1n) is 4.88. The maximum absolute atomic E-state index is 13.3. The zero-order chi connectivity index (χ0) is 10.9. The Morgan fingerprint density at radius 1 is 1.36 bits per heavy atom. The van der Waals surface area contributed by atoms with Crippen LogP contribution >= 0.6 is 0 Å². The molecule has 0 aromatic heterocycles. The lowest BCUT2D eigenvalue weighted by Crippen LogP contribution is -2.18. The van der Waals surface area contributed by atoms with Crippen LogP contribution in [0.1, 0.15) is 37.5 Å². The van der Waals surface area contributed by atoms with E-state index in [0.717, 1.165) is 11.1 Å². The smallest absolute Gasteiger partial charge is 0.126 e. The van der Waals surface area contributed by atoms with Gasteiger partial charge in [-0.2, -0.15) is 0 Å². The summed E-state index contributed by atoms with van der Waals surface area (Å²) in [4.78, 5) is 0. The molecule has 0 bridgehead atoms. The van der Waals surface area contributed by atoms with Gasteiger partial charge < -0.3 is 5.11 Å². The van der Waals surface area contributed by atoms with Gasteiger partial charge in [-0.25, -0.2) is 4.39 Å². The normalized spacial score (nSPS) is 11.9. The molecule has 0 saturated carbocycles. The van der Waals surface area contributed by atoms with Crippen LogP contribution in [0, 0.1) is 12.7 Å². The Morgan fingerprint density at radius 2 is 1.93 bits per heavy atom. The van der Waals surface area contributed by atoms with Crippen molar-refractivity contribution in [3.05, 3.63) is 34.6 Å². The summed E-state index contributed by atoms with van der Waals surface area (Å²) in [5.41, 5.74) is 1.36. The number of hydrogen-bond donors (Lipinski definition) is 1. The molecule has 0 aliphatic heterocycles. The van der Waals surface area contributed by atoms with Crippen molar-refractivity contribution in [2.45, 2.75) is 39.7 Å². The predicted molar refractivity (Wildman–Crippen MR) is 55.8 cm³/mol. The molecule has 2 heteroatoms. The van der Waals surface area contributed by atoms with Crippen molar-refractivity contribution in [3.8, 4) is 0 Å². The first-order chi connectivity index (χ1) is 6.36. The Kier molecular flexibility index (Phi) is 2.95. The summed E-state index contributed by atoms with van der Waals surface area (Å²) in [6, 6.07) is 3.25. The summed E-state index contributed by atoms with van der Waals surface area (Å²) in [6.07, 6.45) is 0.648. The number of rotatable bonds is 2. The molecule has 0 fully saturated rings. The summed E-state index contributed by atoms with van der Waals surface area (Å²) in [7, 11) is 0. The Hall–Kier alpha value is -0.890. The number of hydrogen-bond acceptors (Lipinski definition) is 1. The monoisotopic (exact) mass is 196 g/mol. The number of halogens is 1. The minimum atomic E-state index is -0.901. The van der Waals surface area contributed by atoms with E-state index in [1.165, 1.54) is 6.07 Å². The zero-order valence-corrected chi connectivity index (χ0v) is 9.19. The molecule has 0 spiro atoms. The van der Waals surface area contributed by atoms with E-state index in [-0.39, 0.29) is 5.82 Å². The lowest BCUT2D eigenvalue weighted by Gasteiger charge is -2.21. The van der Waals surface area contributed by atoms with Crippen LogP contribution in [0.3, 0.4) is 0 Å². The molecule has 1 aromatic carbocycles. The fourth-order valence-electron chi connectivity index (χ4n) is 1.65. The minimum absolute atomic E-state index is 0.182. The lowest BCUT2D eigenvalue weighted by atomic mass is 9.91. The summed E-state index contributed by atoms with van der Waals surface area (Å²) in [5, 5.41) is 9.86. The first-order valence-corrected chi connectivity index (χ1v) is 4.88. The number of aliphatic hydroxyl groups is 1. The average Bonchev–Trinajstić information content (AvgIpc) is 2.02. The third-order valence-corrected chi connectivity index (χ3v) is 2.43. The molecular weight excluding hydrogens is 179 g/mol.